The Morgan fingerprint density at radius 3 is 1.94 bits per heavy atom. The van der Waals surface area contributed by atoms with Crippen LogP contribution in [0.15, 0.2) is 23.1 Å². The van der Waals surface area contributed by atoms with E-state index in [-0.39, 0.29) is 24.0 Å². The van der Waals surface area contributed by atoms with Crippen LogP contribution in [0.25, 0.3) is 0 Å². The van der Waals surface area contributed by atoms with Gasteiger partial charge in [0.05, 0.1) is 28.2 Å². The molecule has 0 aliphatic carbocycles. The molecule has 0 atom stereocenters. The molecule has 0 amide bonds. The van der Waals surface area contributed by atoms with Gasteiger partial charge in [-0.1, -0.05) is 23.2 Å². The van der Waals surface area contributed by atoms with Crippen LogP contribution < -0.4 is 24.0 Å². The van der Waals surface area contributed by atoms with Gasteiger partial charge in [-0.25, -0.2) is 0 Å². The van der Waals surface area contributed by atoms with E-state index in [9.17, 15) is 0 Å². The van der Waals surface area contributed by atoms with E-state index < -0.39 is 0 Å². The van der Waals surface area contributed by atoms with E-state index in [1.807, 2.05) is 40.3 Å². The summed E-state index contributed by atoms with van der Waals surface area (Å²) in [6.45, 7) is 0. The number of hydrogen-bond donors (Lipinski definition) is 0. The van der Waals surface area contributed by atoms with Gasteiger partial charge in [0, 0.05) is 14.9 Å². The molecule has 17 heavy (non-hydrogen) atoms. The predicted octanol–water partition coefficient (Wildman–Crippen LogP) is 0.279. The van der Waals surface area contributed by atoms with E-state index in [1.54, 1.807) is 17.8 Å². The van der Waals surface area contributed by atoms with Crippen molar-refractivity contribution in [3.63, 3.8) is 0 Å². The van der Waals surface area contributed by atoms with Gasteiger partial charge < -0.3 is 24.0 Å². The molecule has 0 unspecified atom stereocenters. The van der Waals surface area contributed by atoms with E-state index in [4.69, 9.17) is 23.2 Å². The van der Waals surface area contributed by atoms with E-state index in [1.165, 1.54) is 0 Å². The molecule has 0 N–H and O–H groups in total. The topological polar surface area (TPSA) is 6.25 Å². The zero-order valence-corrected chi connectivity index (χ0v) is 14.7. The molecule has 0 bridgehead atoms. The largest absolute Gasteiger partial charge is 1.00 e. The summed E-state index contributed by atoms with van der Waals surface area (Å²) < 4.78 is 2.06. The monoisotopic (exact) mass is 404 g/mol. The maximum absolute atomic E-state index is 5.96. The zero-order valence-electron chi connectivity index (χ0n) is 10.2. The Labute approximate surface area is 134 Å². The molecule has 0 fully saturated rings. The van der Waals surface area contributed by atoms with E-state index in [2.05, 4.69) is 9.48 Å². The molecular formula is C11H15Cl2IN2S. The van der Waals surface area contributed by atoms with Gasteiger partial charge in [0.25, 0.3) is 0 Å². The number of hydrogen-bond acceptors (Lipinski definition) is 1. The van der Waals surface area contributed by atoms with E-state index in [0.29, 0.717) is 10.0 Å². The van der Waals surface area contributed by atoms with Crippen LogP contribution in [0, 0.1) is 0 Å². The summed E-state index contributed by atoms with van der Waals surface area (Å²) in [7, 11) is 8.03. The third-order valence-electron chi connectivity index (χ3n) is 1.81. The minimum Gasteiger partial charge on any atom is -1.00 e. The van der Waals surface area contributed by atoms with Crippen molar-refractivity contribution in [1.29, 1.82) is 0 Å². The predicted molar refractivity (Wildman–Crippen MR) is 73.1 cm³/mol. The third kappa shape index (κ3) is 5.68. The van der Waals surface area contributed by atoms with Crippen LogP contribution >= 0.6 is 35.0 Å². The molecule has 0 heterocycles. The van der Waals surface area contributed by atoms with Crippen LogP contribution in [0.1, 0.15) is 0 Å². The molecule has 0 aromatic heterocycles. The van der Waals surface area contributed by atoms with E-state index in [0.717, 1.165) is 10.1 Å². The summed E-state index contributed by atoms with van der Waals surface area (Å²) in [4.78, 5) is 3.09. The highest BCUT2D eigenvalue weighted by Crippen LogP contribution is 2.27. The van der Waals surface area contributed by atoms with Gasteiger partial charge in [-0.15, -0.1) is 0 Å². The summed E-state index contributed by atoms with van der Waals surface area (Å²) in [5.74, 6) is 0. The lowest BCUT2D eigenvalue weighted by molar-refractivity contribution is -0.466. The van der Waals surface area contributed by atoms with Crippen molar-refractivity contribution >= 4 is 40.1 Å². The first-order valence-corrected chi connectivity index (χ1v) is 6.33. The zero-order chi connectivity index (χ0) is 12.3. The van der Waals surface area contributed by atoms with Gasteiger partial charge in [0.15, 0.2) is 0 Å². The third-order valence-corrected chi connectivity index (χ3v) is 3.63. The van der Waals surface area contributed by atoms with Crippen molar-refractivity contribution in [3.8, 4) is 0 Å². The van der Waals surface area contributed by atoms with Crippen molar-refractivity contribution in [2.24, 2.45) is 0 Å². The average Bonchev–Trinajstić information content (AvgIpc) is 2.11. The quantitative estimate of drug-likeness (QED) is 0.218. The molecule has 96 valence electrons. The van der Waals surface area contributed by atoms with E-state index >= 15 is 0 Å². The summed E-state index contributed by atoms with van der Waals surface area (Å²) >= 11 is 13.5. The first kappa shape index (κ1) is 17.4. The Balaban J connectivity index is 0.00000256. The Bertz CT molecular complexity index is 398. The standard InChI is InChI=1S/C11H15Cl2N2S.HI/c1-14(2)11(15(3)4)16-10-6-8(12)5-9(13)7-10;/h5-7H,1-4H3;1H/q+1;/p-1. The first-order valence-electron chi connectivity index (χ1n) is 4.75. The lowest BCUT2D eigenvalue weighted by Crippen LogP contribution is -3.00. The molecule has 1 aromatic carbocycles. The molecule has 1 rings (SSSR count). The SMILES string of the molecule is CN(C)C(Sc1cc(Cl)cc(Cl)c1)=[N+](C)C.[I-]. The first-order chi connectivity index (χ1) is 7.40. The maximum atomic E-state index is 5.96. The molecule has 0 radical (unpaired) electrons. The molecule has 0 saturated heterocycles. The van der Waals surface area contributed by atoms with Crippen molar-refractivity contribution in [2.45, 2.75) is 4.90 Å². The van der Waals surface area contributed by atoms with Gasteiger partial charge in [-0.3, -0.25) is 9.48 Å². The number of benzene rings is 1. The summed E-state index contributed by atoms with van der Waals surface area (Å²) in [6.07, 6.45) is 0. The van der Waals surface area contributed by atoms with Gasteiger partial charge in [-0.05, 0) is 30.0 Å². The van der Waals surface area contributed by atoms with Crippen LogP contribution in [0.4, 0.5) is 0 Å². The highest BCUT2D eigenvalue weighted by Gasteiger charge is 2.14. The summed E-state index contributed by atoms with van der Waals surface area (Å²) in [5, 5.41) is 2.44. The van der Waals surface area contributed by atoms with Crippen molar-refractivity contribution in [2.75, 3.05) is 28.2 Å². The number of nitrogens with zero attached hydrogens (tertiary/aromatic N) is 2. The Morgan fingerprint density at radius 1 is 1.12 bits per heavy atom. The molecule has 0 aliphatic heterocycles. The molecule has 6 heteroatoms. The van der Waals surface area contributed by atoms with Crippen molar-refractivity contribution in [3.05, 3.63) is 28.2 Å². The molecule has 2 nitrogen and oxygen atoms in total. The lowest BCUT2D eigenvalue weighted by atomic mass is 10.4. The number of rotatable bonds is 1. The lowest BCUT2D eigenvalue weighted by Gasteiger charge is -2.10. The van der Waals surface area contributed by atoms with Crippen LogP contribution in [0.5, 0.6) is 0 Å². The number of halogens is 3. The Morgan fingerprint density at radius 2 is 1.59 bits per heavy atom. The normalized spacial score (nSPS) is 9.53. The maximum Gasteiger partial charge on any atom is 0.312 e. The van der Waals surface area contributed by atoms with Crippen LogP contribution in [-0.4, -0.2) is 42.8 Å². The molecular weight excluding hydrogens is 390 g/mol. The second-order valence-electron chi connectivity index (χ2n) is 3.78. The van der Waals surface area contributed by atoms with Gasteiger partial charge >= 0.3 is 5.17 Å². The fourth-order valence-corrected chi connectivity index (χ4v) is 2.88. The summed E-state index contributed by atoms with van der Waals surface area (Å²) in [5.41, 5.74) is 0. The fraction of sp³-hybridized carbons (Fsp3) is 0.364. The second-order valence-corrected chi connectivity index (χ2v) is 5.69. The highest BCUT2D eigenvalue weighted by atomic mass is 127. The van der Waals surface area contributed by atoms with Crippen LogP contribution in [-0.2, 0) is 0 Å². The molecule has 0 aliphatic rings. The summed E-state index contributed by atoms with van der Waals surface area (Å²) in [6, 6.07) is 5.55. The molecule has 0 spiro atoms. The fourth-order valence-electron chi connectivity index (χ4n) is 1.28. The molecule has 0 saturated carbocycles. The minimum absolute atomic E-state index is 0. The molecule has 1 aromatic rings. The van der Waals surface area contributed by atoms with Gasteiger partial charge in [0.2, 0.25) is 0 Å². The van der Waals surface area contributed by atoms with Crippen LogP contribution in [0.3, 0.4) is 0 Å². The van der Waals surface area contributed by atoms with Crippen molar-refractivity contribution < 1.29 is 28.6 Å². The van der Waals surface area contributed by atoms with Gasteiger partial charge in [-0.2, -0.15) is 0 Å². The number of amidine groups is 1. The van der Waals surface area contributed by atoms with Crippen LogP contribution in [0.2, 0.25) is 10.0 Å². The van der Waals surface area contributed by atoms with Gasteiger partial charge in [0.1, 0.15) is 0 Å². The smallest absolute Gasteiger partial charge is 0.312 e. The van der Waals surface area contributed by atoms with Crippen molar-refractivity contribution in [1.82, 2.24) is 4.90 Å². The minimum atomic E-state index is 0. The highest BCUT2D eigenvalue weighted by molar-refractivity contribution is 8.13. The number of thioether (sulfide) groups is 1. The second kappa shape index (κ2) is 7.71. The average molecular weight is 405 g/mol. The Hall–Kier alpha value is 0.350. The Kier molecular flexibility index (Phi) is 7.87.